The number of amides is 1. The smallest absolute Gasteiger partial charge is 0.257 e. The zero-order chi connectivity index (χ0) is 18.4. The Labute approximate surface area is 158 Å². The molecule has 26 heavy (non-hydrogen) atoms. The van der Waals surface area contributed by atoms with Gasteiger partial charge in [-0.1, -0.05) is 48.0 Å². The van der Waals surface area contributed by atoms with Crippen molar-refractivity contribution in [2.24, 2.45) is 0 Å². The second kappa shape index (κ2) is 8.61. The minimum atomic E-state index is -0.234. The number of halogens is 1. The first kappa shape index (κ1) is 18.1. The summed E-state index contributed by atoms with van der Waals surface area (Å²) in [6.07, 6.45) is 3.15. The lowest BCUT2D eigenvalue weighted by molar-refractivity contribution is 0.102. The first-order valence-electron chi connectivity index (χ1n) is 8.41. The fourth-order valence-corrected chi connectivity index (χ4v) is 2.77. The summed E-state index contributed by atoms with van der Waals surface area (Å²) in [4.78, 5) is 16.3. The van der Waals surface area contributed by atoms with E-state index in [9.17, 15) is 4.79 Å². The number of benzene rings is 2. The number of carbonyl (C=O) groups excluding carboxylic acids is 1. The Morgan fingerprint density at radius 1 is 1.12 bits per heavy atom. The van der Waals surface area contributed by atoms with E-state index in [-0.39, 0.29) is 11.9 Å². The fourth-order valence-electron chi connectivity index (χ4n) is 2.60. The molecule has 0 radical (unpaired) electrons. The van der Waals surface area contributed by atoms with Gasteiger partial charge >= 0.3 is 0 Å². The van der Waals surface area contributed by atoms with Gasteiger partial charge < -0.3 is 10.6 Å². The minimum absolute atomic E-state index is 0.223. The highest BCUT2D eigenvalue weighted by Crippen LogP contribution is 2.24. The number of rotatable bonds is 6. The molecule has 0 aliphatic heterocycles. The van der Waals surface area contributed by atoms with Crippen LogP contribution < -0.4 is 10.6 Å². The molecular weight excluding hydrogens is 346 g/mol. The lowest BCUT2D eigenvalue weighted by Crippen LogP contribution is -2.18. The van der Waals surface area contributed by atoms with Gasteiger partial charge in [0.25, 0.3) is 5.91 Å². The van der Waals surface area contributed by atoms with E-state index in [0.717, 1.165) is 5.56 Å². The predicted molar refractivity (Wildman–Crippen MR) is 105 cm³/mol. The number of anilines is 1. The van der Waals surface area contributed by atoms with Crippen molar-refractivity contribution in [1.29, 1.82) is 0 Å². The molecule has 0 bridgehead atoms. The van der Waals surface area contributed by atoms with Gasteiger partial charge in [0, 0.05) is 25.0 Å². The van der Waals surface area contributed by atoms with Gasteiger partial charge in [-0.25, -0.2) is 0 Å². The maximum Gasteiger partial charge on any atom is 0.257 e. The highest BCUT2D eigenvalue weighted by Gasteiger charge is 2.10. The summed E-state index contributed by atoms with van der Waals surface area (Å²) in [6, 6.07) is 19.6. The van der Waals surface area contributed by atoms with Crippen LogP contribution in [0.3, 0.4) is 0 Å². The number of hydrogen-bond acceptors (Lipinski definition) is 3. The molecule has 1 amide bonds. The van der Waals surface area contributed by atoms with Gasteiger partial charge in [0.05, 0.1) is 16.3 Å². The molecule has 1 unspecified atom stereocenters. The Bertz CT molecular complexity index is 869. The second-order valence-corrected chi connectivity index (χ2v) is 6.43. The quantitative estimate of drug-likeness (QED) is 0.657. The van der Waals surface area contributed by atoms with Crippen molar-refractivity contribution >= 4 is 23.2 Å². The molecule has 0 saturated heterocycles. The molecule has 0 saturated carbocycles. The molecule has 0 spiro atoms. The normalized spacial score (nSPS) is 11.8. The Balaban J connectivity index is 1.67. The van der Waals surface area contributed by atoms with E-state index in [2.05, 4.69) is 34.7 Å². The third-order valence-electron chi connectivity index (χ3n) is 4.11. The molecule has 0 aliphatic rings. The van der Waals surface area contributed by atoms with Crippen LogP contribution in [0.15, 0.2) is 73.1 Å². The number of carbonyl (C=O) groups is 1. The fraction of sp³-hybridized carbons (Fsp3) is 0.143. The SMILES string of the molecule is CC(NCc1ccc(Cl)c(NC(=O)c2cccnc2)c1)c1ccccc1. The summed E-state index contributed by atoms with van der Waals surface area (Å²) >= 11 is 6.24. The third-order valence-corrected chi connectivity index (χ3v) is 4.44. The van der Waals surface area contributed by atoms with Gasteiger partial charge in [-0.3, -0.25) is 9.78 Å². The van der Waals surface area contributed by atoms with Crippen molar-refractivity contribution in [2.45, 2.75) is 19.5 Å². The molecule has 5 heteroatoms. The van der Waals surface area contributed by atoms with E-state index in [1.54, 1.807) is 24.4 Å². The van der Waals surface area contributed by atoms with Crippen LogP contribution in [0, 0.1) is 0 Å². The number of aromatic nitrogens is 1. The zero-order valence-electron chi connectivity index (χ0n) is 14.4. The van der Waals surface area contributed by atoms with Crippen LogP contribution in [-0.2, 0) is 6.54 Å². The summed E-state index contributed by atoms with van der Waals surface area (Å²) in [5.74, 6) is -0.234. The van der Waals surface area contributed by atoms with Gasteiger partial charge in [0.2, 0.25) is 0 Å². The molecule has 3 aromatic rings. The van der Waals surface area contributed by atoms with Gasteiger partial charge in [-0.2, -0.15) is 0 Å². The Morgan fingerprint density at radius 3 is 2.65 bits per heavy atom. The summed E-state index contributed by atoms with van der Waals surface area (Å²) in [5, 5.41) is 6.83. The maximum atomic E-state index is 12.3. The molecule has 2 aromatic carbocycles. The largest absolute Gasteiger partial charge is 0.321 e. The minimum Gasteiger partial charge on any atom is -0.321 e. The van der Waals surface area contributed by atoms with Crippen molar-refractivity contribution in [3.8, 4) is 0 Å². The first-order chi connectivity index (χ1) is 12.6. The molecule has 1 heterocycles. The Kier molecular flexibility index (Phi) is 6.00. The molecule has 3 rings (SSSR count). The van der Waals surface area contributed by atoms with Crippen LogP contribution in [0.1, 0.15) is 34.5 Å². The van der Waals surface area contributed by atoms with Gasteiger partial charge in [-0.15, -0.1) is 0 Å². The lowest BCUT2D eigenvalue weighted by atomic mass is 10.1. The van der Waals surface area contributed by atoms with E-state index in [0.29, 0.717) is 22.8 Å². The van der Waals surface area contributed by atoms with Gasteiger partial charge in [0.1, 0.15) is 0 Å². The van der Waals surface area contributed by atoms with E-state index in [4.69, 9.17) is 11.6 Å². The van der Waals surface area contributed by atoms with Gasteiger partial charge in [0.15, 0.2) is 0 Å². The number of pyridine rings is 1. The topological polar surface area (TPSA) is 54.0 Å². The van der Waals surface area contributed by atoms with Crippen molar-refractivity contribution in [3.63, 3.8) is 0 Å². The summed E-state index contributed by atoms with van der Waals surface area (Å²) in [6.45, 7) is 2.79. The highest BCUT2D eigenvalue weighted by atomic mass is 35.5. The van der Waals surface area contributed by atoms with E-state index in [1.807, 2.05) is 30.3 Å². The third kappa shape index (κ3) is 4.69. The summed E-state index contributed by atoms with van der Waals surface area (Å²) < 4.78 is 0. The Hall–Kier alpha value is -2.69. The van der Waals surface area contributed by atoms with Crippen LogP contribution in [0.2, 0.25) is 5.02 Å². The molecule has 0 fully saturated rings. The molecule has 4 nitrogen and oxygen atoms in total. The molecule has 1 aromatic heterocycles. The highest BCUT2D eigenvalue weighted by molar-refractivity contribution is 6.33. The monoisotopic (exact) mass is 365 g/mol. The Morgan fingerprint density at radius 2 is 1.92 bits per heavy atom. The zero-order valence-corrected chi connectivity index (χ0v) is 15.2. The molecule has 132 valence electrons. The number of nitrogens with one attached hydrogen (secondary N) is 2. The van der Waals surface area contributed by atoms with Gasteiger partial charge in [-0.05, 0) is 42.3 Å². The van der Waals surface area contributed by atoms with Crippen LogP contribution in [0.25, 0.3) is 0 Å². The molecule has 0 aliphatic carbocycles. The predicted octanol–water partition coefficient (Wildman–Crippen LogP) is 4.84. The molecular formula is C21H20ClN3O. The number of nitrogens with zero attached hydrogens (tertiary/aromatic N) is 1. The van der Waals surface area contributed by atoms with Crippen LogP contribution in [0.5, 0.6) is 0 Å². The lowest BCUT2D eigenvalue weighted by Gasteiger charge is -2.15. The molecule has 2 N–H and O–H groups in total. The van der Waals surface area contributed by atoms with Crippen LogP contribution in [0.4, 0.5) is 5.69 Å². The average molecular weight is 366 g/mol. The van der Waals surface area contributed by atoms with Crippen LogP contribution in [-0.4, -0.2) is 10.9 Å². The van der Waals surface area contributed by atoms with Crippen molar-refractivity contribution in [1.82, 2.24) is 10.3 Å². The average Bonchev–Trinajstić information content (AvgIpc) is 2.69. The van der Waals surface area contributed by atoms with Crippen molar-refractivity contribution in [3.05, 3.63) is 94.8 Å². The van der Waals surface area contributed by atoms with Crippen molar-refractivity contribution < 1.29 is 4.79 Å². The second-order valence-electron chi connectivity index (χ2n) is 6.02. The standard InChI is InChI=1S/C21H20ClN3O/c1-15(17-6-3-2-4-7-17)24-13-16-9-10-19(22)20(12-16)25-21(26)18-8-5-11-23-14-18/h2-12,14-15,24H,13H2,1H3,(H,25,26). The first-order valence-corrected chi connectivity index (χ1v) is 8.79. The summed E-state index contributed by atoms with van der Waals surface area (Å²) in [7, 11) is 0. The summed E-state index contributed by atoms with van der Waals surface area (Å²) in [5.41, 5.74) is 3.35. The van der Waals surface area contributed by atoms with E-state index >= 15 is 0 Å². The van der Waals surface area contributed by atoms with Crippen molar-refractivity contribution in [2.75, 3.05) is 5.32 Å². The van der Waals surface area contributed by atoms with E-state index in [1.165, 1.54) is 11.8 Å². The maximum absolute atomic E-state index is 12.3. The van der Waals surface area contributed by atoms with E-state index < -0.39 is 0 Å². The number of hydrogen-bond donors (Lipinski definition) is 2. The van der Waals surface area contributed by atoms with Crippen LogP contribution >= 0.6 is 11.6 Å². The molecule has 1 atom stereocenters.